The van der Waals surface area contributed by atoms with E-state index in [-0.39, 0.29) is 11.5 Å². The number of ether oxygens (including phenoxy) is 2. The van der Waals surface area contributed by atoms with Crippen LogP contribution in [0, 0.1) is 47.1 Å². The summed E-state index contributed by atoms with van der Waals surface area (Å²) in [5, 5.41) is 0. The molecule has 0 atom stereocenters. The lowest BCUT2D eigenvalue weighted by molar-refractivity contribution is 0.120. The monoisotopic (exact) mass is 532 g/mol. The Kier molecular flexibility index (Phi) is 12.1. The average molecular weight is 533 g/mol. The van der Waals surface area contributed by atoms with Crippen LogP contribution in [0.1, 0.15) is 129 Å². The molecule has 3 fully saturated rings. The van der Waals surface area contributed by atoms with Gasteiger partial charge in [-0.05, 0) is 99.0 Å². The lowest BCUT2D eigenvalue weighted by atomic mass is 9.69. The number of hydrogen-bond acceptors (Lipinski definition) is 2. The maximum Gasteiger partial charge on any atom is 0.204 e. The van der Waals surface area contributed by atoms with E-state index < -0.39 is 11.6 Å². The maximum atomic E-state index is 14.8. The van der Waals surface area contributed by atoms with E-state index in [1.54, 1.807) is 12.1 Å². The first-order valence-electron chi connectivity index (χ1n) is 16.3. The molecule has 2 nitrogen and oxygen atoms in total. The van der Waals surface area contributed by atoms with Crippen molar-refractivity contribution in [3.63, 3.8) is 0 Å². The molecule has 0 saturated heterocycles. The van der Waals surface area contributed by atoms with Gasteiger partial charge in [0.15, 0.2) is 11.5 Å². The minimum Gasteiger partial charge on any atom is -0.490 e. The van der Waals surface area contributed by atoms with Gasteiger partial charge < -0.3 is 9.47 Å². The van der Waals surface area contributed by atoms with E-state index in [2.05, 4.69) is 13.8 Å². The molecule has 216 valence electrons. The molecule has 4 rings (SSSR count). The third kappa shape index (κ3) is 8.59. The predicted molar refractivity (Wildman–Crippen MR) is 153 cm³/mol. The highest BCUT2D eigenvalue weighted by molar-refractivity contribution is 5.35. The van der Waals surface area contributed by atoms with Crippen LogP contribution in [0.3, 0.4) is 0 Å². The highest BCUT2D eigenvalue weighted by atomic mass is 19.2. The Morgan fingerprint density at radius 1 is 0.553 bits per heavy atom. The number of rotatable bonds is 13. The highest BCUT2D eigenvalue weighted by Crippen LogP contribution is 2.42. The molecule has 1 aromatic rings. The Morgan fingerprint density at radius 2 is 0.974 bits per heavy atom. The van der Waals surface area contributed by atoms with E-state index in [0.717, 1.165) is 49.4 Å². The van der Waals surface area contributed by atoms with Crippen LogP contribution in [0.15, 0.2) is 12.1 Å². The summed E-state index contributed by atoms with van der Waals surface area (Å²) in [6.45, 7) is 5.51. The highest BCUT2D eigenvalue weighted by Gasteiger charge is 2.31. The van der Waals surface area contributed by atoms with Crippen molar-refractivity contribution in [2.24, 2.45) is 35.5 Å². The minimum atomic E-state index is -0.905. The van der Waals surface area contributed by atoms with Gasteiger partial charge in [-0.1, -0.05) is 78.1 Å². The van der Waals surface area contributed by atoms with Gasteiger partial charge in [-0.15, -0.1) is 0 Å². The number of hydrogen-bond donors (Lipinski definition) is 0. The maximum absolute atomic E-state index is 14.8. The molecule has 3 saturated carbocycles. The Hall–Kier alpha value is -1.32. The molecule has 0 N–H and O–H groups in total. The fourth-order valence-corrected chi connectivity index (χ4v) is 7.70. The lowest BCUT2D eigenvalue weighted by Crippen LogP contribution is -2.27. The Bertz CT molecular complexity index is 803. The van der Waals surface area contributed by atoms with E-state index >= 15 is 0 Å². The van der Waals surface area contributed by atoms with E-state index in [0.29, 0.717) is 25.0 Å². The summed E-state index contributed by atoms with van der Waals surface area (Å²) < 4.78 is 41.1. The minimum absolute atomic E-state index is 0.0223. The van der Waals surface area contributed by atoms with Crippen LogP contribution in [0.5, 0.6) is 11.5 Å². The molecule has 3 aliphatic carbocycles. The number of halogens is 2. The van der Waals surface area contributed by atoms with Crippen LogP contribution in [-0.4, -0.2) is 13.2 Å². The summed E-state index contributed by atoms with van der Waals surface area (Å²) in [6, 6.07) is 3.11. The van der Waals surface area contributed by atoms with Gasteiger partial charge in [-0.3, -0.25) is 0 Å². The number of benzene rings is 1. The zero-order valence-corrected chi connectivity index (χ0v) is 24.3. The standard InChI is InChI=1S/C34H54F2O2/c1-3-5-6-8-26-9-11-27(12-10-26)23-37-31-21-22-32(34(36)33(31)35)38-24-28-15-19-30(20-16-28)29-17-13-25(7-4-2)14-18-29/h21-22,25-30H,3-20,23-24H2,1-2H3. The van der Waals surface area contributed by atoms with Crippen molar-refractivity contribution < 1.29 is 18.3 Å². The molecule has 38 heavy (non-hydrogen) atoms. The summed E-state index contributed by atoms with van der Waals surface area (Å²) in [5.74, 6) is 2.69. The van der Waals surface area contributed by atoms with Crippen molar-refractivity contribution in [3.8, 4) is 11.5 Å². The van der Waals surface area contributed by atoms with Gasteiger partial charge in [-0.25, -0.2) is 0 Å². The Morgan fingerprint density at radius 3 is 1.45 bits per heavy atom. The van der Waals surface area contributed by atoms with Crippen LogP contribution in [0.2, 0.25) is 0 Å². The summed E-state index contributed by atoms with van der Waals surface area (Å²) in [6.07, 6.45) is 23.2. The van der Waals surface area contributed by atoms with E-state index in [1.807, 2.05) is 0 Å². The Balaban J connectivity index is 1.15. The largest absolute Gasteiger partial charge is 0.490 e. The lowest BCUT2D eigenvalue weighted by Gasteiger charge is -2.37. The van der Waals surface area contributed by atoms with Gasteiger partial charge in [0.05, 0.1) is 13.2 Å². The first-order chi connectivity index (χ1) is 18.6. The van der Waals surface area contributed by atoms with E-state index in [4.69, 9.17) is 9.47 Å². The van der Waals surface area contributed by atoms with Crippen molar-refractivity contribution in [1.29, 1.82) is 0 Å². The SMILES string of the molecule is CCCCCC1CCC(COc2ccc(OCC3CCC(C4CCC(CCC)CC4)CC3)c(F)c2F)CC1. The van der Waals surface area contributed by atoms with Gasteiger partial charge in [0.25, 0.3) is 0 Å². The molecule has 0 bridgehead atoms. The molecule has 0 amide bonds. The van der Waals surface area contributed by atoms with Gasteiger partial charge in [0, 0.05) is 0 Å². The van der Waals surface area contributed by atoms with Crippen molar-refractivity contribution in [2.75, 3.05) is 13.2 Å². The second-order valence-corrected chi connectivity index (χ2v) is 13.0. The zero-order valence-electron chi connectivity index (χ0n) is 24.3. The molecule has 0 unspecified atom stereocenters. The van der Waals surface area contributed by atoms with Crippen LogP contribution in [0.25, 0.3) is 0 Å². The van der Waals surface area contributed by atoms with Gasteiger partial charge in [-0.2, -0.15) is 8.78 Å². The molecule has 0 aliphatic heterocycles. The molecule has 0 aromatic heterocycles. The second kappa shape index (κ2) is 15.5. The van der Waals surface area contributed by atoms with Gasteiger partial charge in [0.1, 0.15) is 0 Å². The normalized spacial score (nSPS) is 30.2. The second-order valence-electron chi connectivity index (χ2n) is 13.0. The molecule has 4 heteroatoms. The third-order valence-electron chi connectivity index (χ3n) is 10.3. The topological polar surface area (TPSA) is 18.5 Å². The van der Waals surface area contributed by atoms with E-state index in [1.165, 1.54) is 89.9 Å². The molecular weight excluding hydrogens is 478 g/mol. The summed E-state index contributed by atoms with van der Waals surface area (Å²) in [7, 11) is 0. The first-order valence-corrected chi connectivity index (χ1v) is 16.3. The average Bonchev–Trinajstić information content (AvgIpc) is 2.95. The van der Waals surface area contributed by atoms with Crippen molar-refractivity contribution in [1.82, 2.24) is 0 Å². The molecule has 1 aromatic carbocycles. The first kappa shape index (κ1) is 29.7. The Labute approximate surface area is 231 Å². The number of unbranched alkanes of at least 4 members (excludes halogenated alkanes) is 2. The van der Waals surface area contributed by atoms with Gasteiger partial charge >= 0.3 is 0 Å². The third-order valence-corrected chi connectivity index (χ3v) is 10.3. The van der Waals surface area contributed by atoms with Gasteiger partial charge in [0.2, 0.25) is 11.6 Å². The van der Waals surface area contributed by atoms with Crippen molar-refractivity contribution in [2.45, 2.75) is 129 Å². The van der Waals surface area contributed by atoms with Crippen LogP contribution in [-0.2, 0) is 0 Å². The van der Waals surface area contributed by atoms with Crippen LogP contribution < -0.4 is 9.47 Å². The predicted octanol–water partition coefficient (Wildman–Crippen LogP) is 10.5. The summed E-state index contributed by atoms with van der Waals surface area (Å²) >= 11 is 0. The molecule has 3 aliphatic rings. The smallest absolute Gasteiger partial charge is 0.204 e. The fourth-order valence-electron chi connectivity index (χ4n) is 7.70. The molecule has 0 heterocycles. The summed E-state index contributed by atoms with van der Waals surface area (Å²) in [5.41, 5.74) is 0. The summed E-state index contributed by atoms with van der Waals surface area (Å²) in [4.78, 5) is 0. The van der Waals surface area contributed by atoms with Crippen LogP contribution in [0.4, 0.5) is 8.78 Å². The quantitative estimate of drug-likeness (QED) is 0.235. The zero-order chi connectivity index (χ0) is 26.7. The van der Waals surface area contributed by atoms with Crippen LogP contribution >= 0.6 is 0 Å². The molecule has 0 radical (unpaired) electrons. The van der Waals surface area contributed by atoms with Crippen molar-refractivity contribution >= 4 is 0 Å². The fraction of sp³-hybridized carbons (Fsp3) is 0.824. The molecule has 0 spiro atoms. The van der Waals surface area contributed by atoms with E-state index in [9.17, 15) is 8.78 Å². The van der Waals surface area contributed by atoms with Crippen molar-refractivity contribution in [3.05, 3.63) is 23.8 Å². The molecular formula is C34H54F2O2.